The maximum absolute atomic E-state index is 13.8. The third-order valence-electron chi connectivity index (χ3n) is 6.77. The van der Waals surface area contributed by atoms with Gasteiger partial charge >= 0.3 is 6.03 Å². The smallest absolute Gasteiger partial charge is 0.318 e. The van der Waals surface area contributed by atoms with E-state index in [-0.39, 0.29) is 76.2 Å². The van der Waals surface area contributed by atoms with Gasteiger partial charge in [0.1, 0.15) is 0 Å². The normalized spacial score (nSPS) is 14.8. The zero-order valence-corrected chi connectivity index (χ0v) is 23.0. The molecule has 1 aromatic heterocycles. The van der Waals surface area contributed by atoms with Gasteiger partial charge in [-0.3, -0.25) is 9.59 Å². The van der Waals surface area contributed by atoms with Gasteiger partial charge in [-0.05, 0) is 42.8 Å². The number of halogens is 1. The van der Waals surface area contributed by atoms with Crippen molar-refractivity contribution in [3.63, 3.8) is 0 Å². The zero-order valence-electron chi connectivity index (χ0n) is 22.2. The van der Waals surface area contributed by atoms with E-state index in [0.29, 0.717) is 16.3 Å². The van der Waals surface area contributed by atoms with Gasteiger partial charge in [-0.1, -0.05) is 29.8 Å². The van der Waals surface area contributed by atoms with Crippen LogP contribution in [0.25, 0.3) is 5.69 Å². The Hall–Kier alpha value is -3.93. The van der Waals surface area contributed by atoms with E-state index in [1.54, 1.807) is 51.1 Å². The number of aliphatic hydroxyl groups is 2. The molecule has 3 aromatic rings. The highest BCUT2D eigenvalue weighted by Gasteiger charge is 2.32. The van der Waals surface area contributed by atoms with Crippen LogP contribution in [0.2, 0.25) is 5.02 Å². The predicted octanol–water partition coefficient (Wildman–Crippen LogP) is 2.29. The molecule has 0 aliphatic carbocycles. The number of urea groups is 1. The molecular weight excluding hydrogens is 536 g/mol. The zero-order chi connectivity index (χ0) is 28.6. The number of amides is 4. The highest BCUT2D eigenvalue weighted by molar-refractivity contribution is 6.34. The van der Waals surface area contributed by atoms with E-state index in [1.165, 1.54) is 4.90 Å². The first-order chi connectivity index (χ1) is 19.3. The second-order valence-electron chi connectivity index (χ2n) is 9.45. The largest absolute Gasteiger partial charge is 0.395 e. The van der Waals surface area contributed by atoms with Crippen molar-refractivity contribution >= 4 is 35.1 Å². The third kappa shape index (κ3) is 6.61. The molecule has 0 saturated heterocycles. The fourth-order valence-electron chi connectivity index (χ4n) is 4.70. The topological polar surface area (TPSA) is 131 Å². The lowest BCUT2D eigenvalue weighted by atomic mass is 10.1. The Bertz CT molecular complexity index is 1330. The molecule has 4 amide bonds. The van der Waals surface area contributed by atoms with E-state index in [0.717, 1.165) is 11.3 Å². The van der Waals surface area contributed by atoms with Gasteiger partial charge < -0.3 is 30.2 Å². The molecule has 212 valence electrons. The fourth-order valence-corrected chi connectivity index (χ4v) is 4.95. The summed E-state index contributed by atoms with van der Waals surface area (Å²) < 4.78 is 1.66. The van der Waals surface area contributed by atoms with Gasteiger partial charge in [-0.15, -0.1) is 0 Å². The minimum atomic E-state index is -0.359. The van der Waals surface area contributed by atoms with Gasteiger partial charge in [0.05, 0.1) is 29.5 Å². The number of aliphatic hydroxyl groups excluding tert-OH is 2. The maximum Gasteiger partial charge on any atom is 0.318 e. The Balaban J connectivity index is 1.48. The van der Waals surface area contributed by atoms with Crippen molar-refractivity contribution in [2.75, 3.05) is 44.3 Å². The molecule has 2 heterocycles. The van der Waals surface area contributed by atoms with E-state index in [2.05, 4.69) is 10.4 Å². The minimum absolute atomic E-state index is 0.0299. The van der Waals surface area contributed by atoms with E-state index in [1.807, 2.05) is 31.2 Å². The van der Waals surface area contributed by atoms with Crippen LogP contribution in [0.5, 0.6) is 0 Å². The van der Waals surface area contributed by atoms with Crippen LogP contribution in [0.1, 0.15) is 29.3 Å². The summed E-state index contributed by atoms with van der Waals surface area (Å²) in [6.07, 6.45) is 3.48. The number of benzene rings is 2. The highest BCUT2D eigenvalue weighted by atomic mass is 35.5. The number of hydrogen-bond donors (Lipinski definition) is 3. The van der Waals surface area contributed by atoms with E-state index in [9.17, 15) is 14.4 Å². The number of aromatic nitrogens is 2. The molecule has 1 aliphatic heterocycles. The van der Waals surface area contributed by atoms with Gasteiger partial charge in [-0.2, -0.15) is 5.10 Å². The average Bonchev–Trinajstić information content (AvgIpc) is 3.44. The Morgan fingerprint density at radius 1 is 1.10 bits per heavy atom. The van der Waals surface area contributed by atoms with Crippen LogP contribution in [0.4, 0.5) is 10.5 Å². The Kier molecular flexibility index (Phi) is 9.75. The quantitative estimate of drug-likeness (QED) is 0.363. The van der Waals surface area contributed by atoms with Crippen LogP contribution < -0.4 is 10.2 Å². The molecule has 4 rings (SSSR count). The number of hydrogen-bond acceptors (Lipinski definition) is 6. The van der Waals surface area contributed by atoms with Crippen molar-refractivity contribution in [1.82, 2.24) is 24.9 Å². The number of rotatable bonds is 9. The van der Waals surface area contributed by atoms with Crippen LogP contribution in [0.15, 0.2) is 60.9 Å². The van der Waals surface area contributed by atoms with Crippen LogP contribution in [-0.2, 0) is 11.3 Å². The molecule has 0 fully saturated rings. The van der Waals surface area contributed by atoms with Gasteiger partial charge in [0, 0.05) is 63.3 Å². The summed E-state index contributed by atoms with van der Waals surface area (Å²) in [6, 6.07) is 13.7. The second kappa shape index (κ2) is 13.4. The summed E-state index contributed by atoms with van der Waals surface area (Å²) >= 11 is 6.57. The summed E-state index contributed by atoms with van der Waals surface area (Å²) in [4.78, 5) is 44.0. The highest BCUT2D eigenvalue weighted by Crippen LogP contribution is 2.30. The van der Waals surface area contributed by atoms with Crippen molar-refractivity contribution < 1.29 is 24.6 Å². The monoisotopic (exact) mass is 568 g/mol. The van der Waals surface area contributed by atoms with Crippen LogP contribution in [-0.4, -0.2) is 93.1 Å². The molecule has 40 heavy (non-hydrogen) atoms. The minimum Gasteiger partial charge on any atom is -0.395 e. The Labute approximate surface area is 237 Å². The second-order valence-corrected chi connectivity index (χ2v) is 9.85. The van der Waals surface area contributed by atoms with Crippen molar-refractivity contribution in [2.24, 2.45) is 0 Å². The van der Waals surface area contributed by atoms with Crippen LogP contribution >= 0.6 is 11.6 Å². The number of nitrogens with zero attached hydrogens (tertiary/aromatic N) is 5. The van der Waals surface area contributed by atoms with Gasteiger partial charge in [0.2, 0.25) is 5.91 Å². The first-order valence-corrected chi connectivity index (χ1v) is 13.4. The van der Waals surface area contributed by atoms with Gasteiger partial charge in [0.15, 0.2) is 0 Å². The molecule has 12 heteroatoms. The van der Waals surface area contributed by atoms with Crippen LogP contribution in [0, 0.1) is 0 Å². The molecule has 0 unspecified atom stereocenters. The Morgan fingerprint density at radius 2 is 1.85 bits per heavy atom. The van der Waals surface area contributed by atoms with Gasteiger partial charge in [-0.25, -0.2) is 9.48 Å². The number of carbonyl (C=O) groups excluding carboxylic acids is 3. The molecule has 0 spiro atoms. The lowest BCUT2D eigenvalue weighted by Gasteiger charge is -2.29. The first kappa shape index (κ1) is 29.1. The molecule has 3 N–H and O–H groups in total. The SMILES string of the molecule is C[C@@H]1CN(C(=O)c2ccc(-n3cccn3)cc2Cl)c2ccccc2CN1C(=O)NCCC(=O)N(CCO)CCO. The average molecular weight is 569 g/mol. The molecule has 1 aliphatic rings. The number of anilines is 1. The Morgan fingerprint density at radius 3 is 2.52 bits per heavy atom. The predicted molar refractivity (Wildman–Crippen MR) is 150 cm³/mol. The van der Waals surface area contributed by atoms with Crippen molar-refractivity contribution in [1.29, 1.82) is 0 Å². The lowest BCUT2D eigenvalue weighted by Crippen LogP contribution is -2.48. The molecule has 1 atom stereocenters. The summed E-state index contributed by atoms with van der Waals surface area (Å²) in [5.41, 5.74) is 2.56. The molecule has 2 aromatic carbocycles. The van der Waals surface area contributed by atoms with E-state index >= 15 is 0 Å². The fraction of sp³-hybridized carbons (Fsp3) is 0.357. The van der Waals surface area contributed by atoms with Crippen molar-refractivity contribution in [2.45, 2.75) is 25.9 Å². The lowest BCUT2D eigenvalue weighted by molar-refractivity contribution is -0.132. The van der Waals surface area contributed by atoms with E-state index in [4.69, 9.17) is 21.8 Å². The summed E-state index contributed by atoms with van der Waals surface area (Å²) in [5.74, 6) is -0.554. The third-order valence-corrected chi connectivity index (χ3v) is 7.08. The number of nitrogens with one attached hydrogen (secondary N) is 1. The van der Waals surface area contributed by atoms with Gasteiger partial charge in [0.25, 0.3) is 5.91 Å². The van der Waals surface area contributed by atoms with Crippen molar-refractivity contribution in [3.8, 4) is 5.69 Å². The first-order valence-electron chi connectivity index (χ1n) is 13.1. The number of carbonyl (C=O) groups is 3. The van der Waals surface area contributed by atoms with Crippen molar-refractivity contribution in [3.05, 3.63) is 77.1 Å². The molecular formula is C28H33ClN6O5. The number of para-hydroxylation sites is 1. The standard InChI is InChI=1S/C28H33ClN6O5/c1-20-18-34(27(39)23-8-7-22(17-24(23)29)35-12-4-10-31-35)25-6-3-2-5-21(25)19-33(20)28(40)30-11-9-26(38)32(13-15-36)14-16-37/h2-8,10,12,17,20,36-37H,9,11,13-16,18-19H2,1H3,(H,30,40)/t20-/m1/s1. The maximum atomic E-state index is 13.8. The molecule has 0 saturated carbocycles. The number of fused-ring (bicyclic) bond motifs is 1. The summed E-state index contributed by atoms with van der Waals surface area (Å²) in [6.45, 7) is 2.28. The molecule has 0 bridgehead atoms. The van der Waals surface area contributed by atoms with Crippen LogP contribution in [0.3, 0.4) is 0 Å². The summed E-state index contributed by atoms with van der Waals surface area (Å²) in [7, 11) is 0. The molecule has 11 nitrogen and oxygen atoms in total. The van der Waals surface area contributed by atoms with E-state index < -0.39 is 0 Å². The molecule has 0 radical (unpaired) electrons. The summed E-state index contributed by atoms with van der Waals surface area (Å²) in [5, 5.41) is 25.6.